The molecule has 1 atom stereocenters. The minimum atomic E-state index is -3.48. The first-order chi connectivity index (χ1) is 11.4. The van der Waals surface area contributed by atoms with Gasteiger partial charge in [0.1, 0.15) is 5.75 Å². The van der Waals surface area contributed by atoms with Crippen LogP contribution in [0, 0.1) is 5.92 Å². The molecule has 0 saturated carbocycles. The molecule has 1 fully saturated rings. The molecule has 1 aliphatic heterocycles. The van der Waals surface area contributed by atoms with Crippen molar-refractivity contribution in [3.8, 4) is 0 Å². The van der Waals surface area contributed by atoms with Crippen molar-refractivity contribution < 1.29 is 23.1 Å². The lowest BCUT2D eigenvalue weighted by molar-refractivity contribution is -0.145. The Hall–Kier alpha value is -1.89. The van der Waals surface area contributed by atoms with Gasteiger partial charge in [0, 0.05) is 13.1 Å². The largest absolute Gasteiger partial charge is 0.481 e. The van der Waals surface area contributed by atoms with Crippen LogP contribution in [0.3, 0.4) is 0 Å². The fourth-order valence-corrected chi connectivity index (χ4v) is 4.19. The number of rotatable bonds is 7. The molecule has 0 radical (unpaired) electrons. The van der Waals surface area contributed by atoms with E-state index in [0.717, 1.165) is 5.56 Å². The number of benzene rings is 1. The second-order valence-corrected chi connectivity index (χ2v) is 8.38. The summed E-state index contributed by atoms with van der Waals surface area (Å²) in [5.41, 5.74) is 1.07. The molecule has 7 heteroatoms. The SMILES string of the molecule is O=C(O)[C@H]1CCCN(C(=O)CS(=O)(=O)CCCc2ccccc2)C1. The van der Waals surface area contributed by atoms with Gasteiger partial charge in [-0.1, -0.05) is 30.3 Å². The molecule has 0 aliphatic carbocycles. The van der Waals surface area contributed by atoms with Crippen molar-refractivity contribution in [3.05, 3.63) is 35.9 Å². The Bertz CT molecular complexity index is 671. The molecule has 2 rings (SSSR count). The molecule has 0 bridgehead atoms. The number of likely N-dealkylation sites (tertiary alicyclic amines) is 1. The predicted molar refractivity (Wildman–Crippen MR) is 90.4 cm³/mol. The van der Waals surface area contributed by atoms with E-state index in [-0.39, 0.29) is 12.3 Å². The zero-order valence-corrected chi connectivity index (χ0v) is 14.4. The number of carboxylic acids is 1. The van der Waals surface area contributed by atoms with Crippen LogP contribution in [0.2, 0.25) is 0 Å². The van der Waals surface area contributed by atoms with Crippen molar-refractivity contribution in [1.29, 1.82) is 0 Å². The minimum Gasteiger partial charge on any atom is -0.481 e. The third kappa shape index (κ3) is 5.63. The van der Waals surface area contributed by atoms with Crippen LogP contribution in [-0.2, 0) is 25.8 Å². The van der Waals surface area contributed by atoms with Gasteiger partial charge in [-0.2, -0.15) is 0 Å². The lowest BCUT2D eigenvalue weighted by Crippen LogP contribution is -2.44. The minimum absolute atomic E-state index is 0.0379. The quantitative estimate of drug-likeness (QED) is 0.799. The molecule has 132 valence electrons. The molecule has 6 nitrogen and oxygen atoms in total. The monoisotopic (exact) mass is 353 g/mol. The maximum atomic E-state index is 12.2. The van der Waals surface area contributed by atoms with E-state index < -0.39 is 33.4 Å². The molecule has 1 amide bonds. The average molecular weight is 353 g/mol. The Balaban J connectivity index is 1.82. The highest BCUT2D eigenvalue weighted by molar-refractivity contribution is 7.92. The van der Waals surface area contributed by atoms with Gasteiger partial charge in [-0.15, -0.1) is 0 Å². The number of aryl methyl sites for hydroxylation is 1. The van der Waals surface area contributed by atoms with Gasteiger partial charge in [-0.3, -0.25) is 9.59 Å². The molecule has 1 N–H and O–H groups in total. The highest BCUT2D eigenvalue weighted by Crippen LogP contribution is 2.17. The number of nitrogens with zero attached hydrogens (tertiary/aromatic N) is 1. The van der Waals surface area contributed by atoms with Gasteiger partial charge < -0.3 is 10.0 Å². The molecular formula is C17H23NO5S. The second-order valence-electron chi connectivity index (χ2n) is 6.20. The number of carbonyl (C=O) groups is 2. The van der Waals surface area contributed by atoms with Crippen LogP contribution < -0.4 is 0 Å². The van der Waals surface area contributed by atoms with E-state index in [1.807, 2.05) is 30.3 Å². The third-order valence-electron chi connectivity index (χ3n) is 4.23. The van der Waals surface area contributed by atoms with Crippen molar-refractivity contribution in [2.24, 2.45) is 5.92 Å². The number of sulfone groups is 1. The van der Waals surface area contributed by atoms with Crippen LogP contribution in [-0.4, -0.2) is 54.9 Å². The highest BCUT2D eigenvalue weighted by atomic mass is 32.2. The highest BCUT2D eigenvalue weighted by Gasteiger charge is 2.30. The number of amides is 1. The summed E-state index contributed by atoms with van der Waals surface area (Å²) < 4.78 is 24.3. The number of carbonyl (C=O) groups excluding carboxylic acids is 1. The van der Waals surface area contributed by atoms with E-state index in [0.29, 0.717) is 32.2 Å². The van der Waals surface area contributed by atoms with E-state index >= 15 is 0 Å². The normalized spacial score (nSPS) is 18.3. The average Bonchev–Trinajstić information content (AvgIpc) is 2.55. The summed E-state index contributed by atoms with van der Waals surface area (Å²) in [5, 5.41) is 9.04. The fraction of sp³-hybridized carbons (Fsp3) is 0.529. The lowest BCUT2D eigenvalue weighted by atomic mass is 9.98. The molecule has 24 heavy (non-hydrogen) atoms. The van der Waals surface area contributed by atoms with Gasteiger partial charge >= 0.3 is 5.97 Å². The first-order valence-corrected chi connectivity index (χ1v) is 9.94. The smallest absolute Gasteiger partial charge is 0.308 e. The number of aliphatic carboxylic acids is 1. The summed E-state index contributed by atoms with van der Waals surface area (Å²) in [5.74, 6) is -2.58. The molecule has 1 saturated heterocycles. The zero-order valence-electron chi connectivity index (χ0n) is 13.6. The van der Waals surface area contributed by atoms with Crippen LogP contribution in [0.25, 0.3) is 0 Å². The van der Waals surface area contributed by atoms with Crippen LogP contribution in [0.5, 0.6) is 0 Å². The van der Waals surface area contributed by atoms with Gasteiger partial charge in [0.2, 0.25) is 5.91 Å². The lowest BCUT2D eigenvalue weighted by Gasteiger charge is -2.30. The maximum absolute atomic E-state index is 12.2. The van der Waals surface area contributed by atoms with Crippen molar-refractivity contribution in [3.63, 3.8) is 0 Å². The number of hydrogen-bond donors (Lipinski definition) is 1. The first kappa shape index (κ1) is 18.4. The van der Waals surface area contributed by atoms with Crippen molar-refractivity contribution in [2.75, 3.05) is 24.6 Å². The summed E-state index contributed by atoms with van der Waals surface area (Å²) in [6.45, 7) is 0.538. The Labute approximate surface area is 142 Å². The van der Waals surface area contributed by atoms with E-state index in [4.69, 9.17) is 5.11 Å². The summed E-state index contributed by atoms with van der Waals surface area (Å²) in [4.78, 5) is 24.6. The van der Waals surface area contributed by atoms with Gasteiger partial charge in [-0.25, -0.2) is 8.42 Å². The van der Waals surface area contributed by atoms with Gasteiger partial charge in [0.25, 0.3) is 0 Å². The topological polar surface area (TPSA) is 91.8 Å². The first-order valence-electron chi connectivity index (χ1n) is 8.12. The molecule has 0 aromatic heterocycles. The standard InChI is InChI=1S/C17H23NO5S/c19-16(18-10-4-9-15(12-18)17(20)21)13-24(22,23)11-5-8-14-6-2-1-3-7-14/h1-3,6-7,15H,4-5,8-13H2,(H,20,21)/t15-/m0/s1. The number of piperidine rings is 1. The second kappa shape index (κ2) is 8.28. The summed E-state index contributed by atoms with van der Waals surface area (Å²) >= 11 is 0. The maximum Gasteiger partial charge on any atom is 0.308 e. The van der Waals surface area contributed by atoms with E-state index in [9.17, 15) is 18.0 Å². The van der Waals surface area contributed by atoms with Crippen molar-refractivity contribution in [1.82, 2.24) is 4.90 Å². The van der Waals surface area contributed by atoms with Crippen molar-refractivity contribution >= 4 is 21.7 Å². The predicted octanol–water partition coefficient (Wildman–Crippen LogP) is 1.36. The third-order valence-corrected chi connectivity index (χ3v) is 5.83. The van der Waals surface area contributed by atoms with Gasteiger partial charge in [-0.05, 0) is 31.2 Å². The Morgan fingerprint density at radius 2 is 1.92 bits per heavy atom. The van der Waals surface area contributed by atoms with E-state index in [2.05, 4.69) is 0 Å². The van der Waals surface area contributed by atoms with Crippen LogP contribution in [0.4, 0.5) is 0 Å². The molecule has 1 aromatic rings. The van der Waals surface area contributed by atoms with E-state index in [1.165, 1.54) is 4.90 Å². The summed E-state index contributed by atoms with van der Waals surface area (Å²) in [7, 11) is -3.48. The molecular weight excluding hydrogens is 330 g/mol. The van der Waals surface area contributed by atoms with Crippen molar-refractivity contribution in [2.45, 2.75) is 25.7 Å². The van der Waals surface area contributed by atoms with Crippen LogP contribution in [0.15, 0.2) is 30.3 Å². The van der Waals surface area contributed by atoms with E-state index in [1.54, 1.807) is 0 Å². The molecule has 1 aromatic carbocycles. The molecule has 1 aliphatic rings. The Kier molecular flexibility index (Phi) is 6.36. The molecule has 0 unspecified atom stereocenters. The molecule has 0 spiro atoms. The zero-order chi connectivity index (χ0) is 17.6. The fourth-order valence-electron chi connectivity index (χ4n) is 2.90. The molecule has 1 heterocycles. The number of carboxylic acid groups (broad SMARTS) is 1. The van der Waals surface area contributed by atoms with Gasteiger partial charge in [0.05, 0.1) is 11.7 Å². The summed E-state index contributed by atoms with van der Waals surface area (Å²) in [6.07, 6.45) is 2.25. The number of hydrogen-bond acceptors (Lipinski definition) is 4. The Morgan fingerprint density at radius 3 is 2.58 bits per heavy atom. The Morgan fingerprint density at radius 1 is 1.21 bits per heavy atom. The summed E-state index contributed by atoms with van der Waals surface area (Å²) in [6, 6.07) is 9.60. The van der Waals surface area contributed by atoms with Crippen LogP contribution >= 0.6 is 0 Å². The van der Waals surface area contributed by atoms with Crippen LogP contribution in [0.1, 0.15) is 24.8 Å². The van der Waals surface area contributed by atoms with Gasteiger partial charge in [0.15, 0.2) is 9.84 Å².